The lowest BCUT2D eigenvalue weighted by Gasteiger charge is -2.06. The molecule has 1 N–H and O–H groups in total. The van der Waals surface area contributed by atoms with Gasteiger partial charge < -0.3 is 4.52 Å². The molecule has 8 heteroatoms. The van der Waals surface area contributed by atoms with E-state index in [0.29, 0.717) is 43.9 Å². The monoisotopic (exact) mass is 388 g/mol. The van der Waals surface area contributed by atoms with Crippen molar-refractivity contribution in [2.24, 2.45) is 5.10 Å². The van der Waals surface area contributed by atoms with Gasteiger partial charge in [0.05, 0.1) is 16.3 Å². The summed E-state index contributed by atoms with van der Waals surface area (Å²) in [4.78, 5) is 16.0. The van der Waals surface area contributed by atoms with Gasteiger partial charge in [0, 0.05) is 28.5 Å². The fourth-order valence-electron chi connectivity index (χ4n) is 2.42. The number of hydrogen-bond acceptors (Lipinski definition) is 5. The second kappa shape index (κ2) is 7.68. The van der Waals surface area contributed by atoms with E-state index in [1.54, 1.807) is 44.2 Å². The van der Waals surface area contributed by atoms with Gasteiger partial charge in [-0.2, -0.15) is 5.10 Å². The molecule has 0 unspecified atom stereocenters. The van der Waals surface area contributed by atoms with Crippen molar-refractivity contribution in [3.63, 3.8) is 0 Å². The van der Waals surface area contributed by atoms with Crippen LogP contribution in [-0.4, -0.2) is 21.8 Å². The van der Waals surface area contributed by atoms with Crippen LogP contribution in [0.5, 0.6) is 0 Å². The fraction of sp³-hybridized carbons (Fsp3) is 0.111. The van der Waals surface area contributed by atoms with E-state index in [4.69, 9.17) is 27.7 Å². The van der Waals surface area contributed by atoms with Gasteiger partial charge in [0.15, 0.2) is 0 Å². The highest BCUT2D eigenvalue weighted by atomic mass is 35.5. The summed E-state index contributed by atoms with van der Waals surface area (Å²) in [5.74, 6) is 0.207. The molecule has 0 aliphatic rings. The number of hydrogen-bond donors (Lipinski definition) is 1. The maximum atomic E-state index is 12.1. The number of rotatable bonds is 4. The predicted molar refractivity (Wildman–Crippen MR) is 101 cm³/mol. The van der Waals surface area contributed by atoms with Crippen molar-refractivity contribution in [3.05, 3.63) is 69.7 Å². The van der Waals surface area contributed by atoms with E-state index in [9.17, 15) is 4.79 Å². The van der Waals surface area contributed by atoms with Gasteiger partial charge in [0.25, 0.3) is 5.91 Å². The molecule has 0 saturated heterocycles. The smallest absolute Gasteiger partial charge is 0.271 e. The van der Waals surface area contributed by atoms with Crippen LogP contribution in [0.25, 0.3) is 11.3 Å². The van der Waals surface area contributed by atoms with Crippen LogP contribution in [0.1, 0.15) is 28.6 Å². The number of aryl methyl sites for hydroxylation is 1. The first kappa shape index (κ1) is 18.1. The number of halogens is 2. The molecule has 26 heavy (non-hydrogen) atoms. The molecule has 3 rings (SSSR count). The minimum Gasteiger partial charge on any atom is -0.360 e. The molecule has 1 amide bonds. The number of pyridine rings is 1. The van der Waals surface area contributed by atoms with Gasteiger partial charge in [-0.3, -0.25) is 9.78 Å². The molecule has 132 valence electrons. The number of carbonyl (C=O) groups is 1. The van der Waals surface area contributed by atoms with Crippen LogP contribution in [0.2, 0.25) is 10.0 Å². The maximum Gasteiger partial charge on any atom is 0.271 e. The molecule has 2 aromatic heterocycles. The minimum absolute atomic E-state index is 0.344. The van der Waals surface area contributed by atoms with Gasteiger partial charge in [-0.25, -0.2) is 5.43 Å². The molecule has 0 aliphatic heterocycles. The lowest BCUT2D eigenvalue weighted by atomic mass is 10.0. The van der Waals surface area contributed by atoms with Crippen LogP contribution in [0.3, 0.4) is 0 Å². The van der Waals surface area contributed by atoms with Crippen molar-refractivity contribution in [2.45, 2.75) is 13.8 Å². The Hall–Kier alpha value is -2.70. The topological polar surface area (TPSA) is 80.4 Å². The highest BCUT2D eigenvalue weighted by Gasteiger charge is 2.20. The summed E-state index contributed by atoms with van der Waals surface area (Å²) in [6.45, 7) is 3.50. The Kier molecular flexibility index (Phi) is 5.35. The first-order valence-electron chi connectivity index (χ1n) is 7.64. The van der Waals surface area contributed by atoms with Crippen LogP contribution in [0.15, 0.2) is 52.4 Å². The molecular formula is C18H14Cl2N4O2. The second-order valence-electron chi connectivity index (χ2n) is 5.46. The lowest BCUT2D eigenvalue weighted by Crippen LogP contribution is -2.19. The van der Waals surface area contributed by atoms with Gasteiger partial charge in [0.2, 0.25) is 0 Å². The summed E-state index contributed by atoms with van der Waals surface area (Å²) >= 11 is 12.3. The molecule has 0 bridgehead atoms. The SMILES string of the molecule is C/C(=N\NC(=O)c1ccncc1)c1c(-c2cc(Cl)ccc2Cl)noc1C. The third kappa shape index (κ3) is 3.76. The Balaban J connectivity index is 1.93. The fourth-order valence-corrected chi connectivity index (χ4v) is 2.80. The van der Waals surface area contributed by atoms with Crippen LogP contribution < -0.4 is 5.43 Å². The molecule has 0 atom stereocenters. The highest BCUT2D eigenvalue weighted by molar-refractivity contribution is 6.35. The number of aromatic nitrogens is 2. The van der Waals surface area contributed by atoms with Gasteiger partial charge in [0.1, 0.15) is 11.5 Å². The zero-order chi connectivity index (χ0) is 18.7. The van der Waals surface area contributed by atoms with E-state index < -0.39 is 0 Å². The summed E-state index contributed by atoms with van der Waals surface area (Å²) < 4.78 is 5.30. The number of carbonyl (C=O) groups excluding carboxylic acids is 1. The zero-order valence-corrected chi connectivity index (χ0v) is 15.5. The number of nitrogens with one attached hydrogen (secondary N) is 1. The molecule has 0 fully saturated rings. The number of benzene rings is 1. The highest BCUT2D eigenvalue weighted by Crippen LogP contribution is 2.33. The zero-order valence-electron chi connectivity index (χ0n) is 14.0. The van der Waals surface area contributed by atoms with Crippen molar-refractivity contribution in [1.82, 2.24) is 15.6 Å². The average molecular weight is 389 g/mol. The molecular weight excluding hydrogens is 375 g/mol. The van der Waals surface area contributed by atoms with Gasteiger partial charge >= 0.3 is 0 Å². The minimum atomic E-state index is -0.344. The van der Waals surface area contributed by atoms with Crippen molar-refractivity contribution < 1.29 is 9.32 Å². The van der Waals surface area contributed by atoms with E-state index in [2.05, 4.69) is 20.7 Å². The molecule has 1 aromatic carbocycles. The maximum absolute atomic E-state index is 12.1. The number of hydrazone groups is 1. The lowest BCUT2D eigenvalue weighted by molar-refractivity contribution is 0.0954. The summed E-state index contributed by atoms with van der Waals surface area (Å²) in [6, 6.07) is 8.28. The molecule has 0 spiro atoms. The third-order valence-electron chi connectivity index (χ3n) is 3.68. The second-order valence-corrected chi connectivity index (χ2v) is 6.30. The van der Waals surface area contributed by atoms with Gasteiger partial charge in [-0.1, -0.05) is 28.4 Å². The molecule has 0 saturated carbocycles. The first-order valence-corrected chi connectivity index (χ1v) is 8.39. The van der Waals surface area contributed by atoms with E-state index >= 15 is 0 Å². The summed E-state index contributed by atoms with van der Waals surface area (Å²) in [7, 11) is 0. The standard InChI is InChI=1S/C18H14Cl2N4O2/c1-10(22-23-18(25)12-5-7-21-8-6-12)16-11(2)26-24-17(16)14-9-13(19)3-4-15(14)20/h3-9H,1-2H3,(H,23,25)/b22-10+. The summed E-state index contributed by atoms with van der Waals surface area (Å²) in [5.41, 5.74) is 5.27. The molecule has 2 heterocycles. The summed E-state index contributed by atoms with van der Waals surface area (Å²) in [6.07, 6.45) is 3.07. The van der Waals surface area contributed by atoms with Crippen LogP contribution in [0, 0.1) is 6.92 Å². The van der Waals surface area contributed by atoms with Crippen molar-refractivity contribution >= 4 is 34.8 Å². The van der Waals surface area contributed by atoms with Crippen LogP contribution >= 0.6 is 23.2 Å². The molecule has 0 aliphatic carbocycles. The van der Waals surface area contributed by atoms with Crippen molar-refractivity contribution in [3.8, 4) is 11.3 Å². The Bertz CT molecular complexity index is 984. The largest absolute Gasteiger partial charge is 0.360 e. The molecule has 6 nitrogen and oxygen atoms in total. The van der Waals surface area contributed by atoms with Crippen molar-refractivity contribution in [1.29, 1.82) is 0 Å². The Morgan fingerprint density at radius 2 is 1.92 bits per heavy atom. The first-order chi connectivity index (χ1) is 12.5. The average Bonchev–Trinajstić information content (AvgIpc) is 3.03. The Morgan fingerprint density at radius 1 is 1.19 bits per heavy atom. The Labute approximate surface area is 159 Å². The van der Waals surface area contributed by atoms with Gasteiger partial charge in [-0.15, -0.1) is 0 Å². The van der Waals surface area contributed by atoms with Crippen LogP contribution in [-0.2, 0) is 0 Å². The Morgan fingerprint density at radius 3 is 2.65 bits per heavy atom. The summed E-state index contributed by atoms with van der Waals surface area (Å²) in [5, 5.41) is 9.25. The van der Waals surface area contributed by atoms with Crippen molar-refractivity contribution in [2.75, 3.05) is 0 Å². The predicted octanol–water partition coefficient (Wildman–Crippen LogP) is 4.51. The van der Waals surface area contributed by atoms with E-state index in [1.807, 2.05) is 0 Å². The quantitative estimate of drug-likeness (QED) is 0.526. The van der Waals surface area contributed by atoms with E-state index in [0.717, 1.165) is 0 Å². The molecule has 3 aromatic rings. The third-order valence-corrected chi connectivity index (χ3v) is 4.24. The molecule has 0 radical (unpaired) electrons. The number of amides is 1. The van der Waals surface area contributed by atoms with E-state index in [1.165, 1.54) is 12.4 Å². The van der Waals surface area contributed by atoms with Crippen LogP contribution in [0.4, 0.5) is 0 Å². The van der Waals surface area contributed by atoms with Gasteiger partial charge in [-0.05, 0) is 44.2 Å². The van der Waals surface area contributed by atoms with E-state index in [-0.39, 0.29) is 5.91 Å². The normalized spacial score (nSPS) is 11.5. The number of nitrogens with zero attached hydrogens (tertiary/aromatic N) is 3.